The number of aromatic nitrogens is 1. The van der Waals surface area contributed by atoms with E-state index >= 15 is 0 Å². The fraction of sp³-hybridized carbons (Fsp3) is 0.276. The minimum absolute atomic E-state index is 0.558. The van der Waals surface area contributed by atoms with Crippen molar-refractivity contribution in [2.45, 2.75) is 27.2 Å². The average Bonchev–Trinajstić information content (AvgIpc) is 3.34. The second-order valence-electron chi connectivity index (χ2n) is 8.69. The third-order valence-corrected chi connectivity index (χ3v) is 6.45. The molecule has 1 aromatic heterocycles. The van der Waals surface area contributed by atoms with Crippen molar-refractivity contribution in [3.8, 4) is 17.2 Å². The maximum Gasteiger partial charge on any atom is 0.183 e. The second-order valence-corrected chi connectivity index (χ2v) is 9.72. The van der Waals surface area contributed by atoms with E-state index < -0.39 is 0 Å². The van der Waals surface area contributed by atoms with Gasteiger partial charge in [0.25, 0.3) is 0 Å². The van der Waals surface area contributed by atoms with Crippen LogP contribution in [0.1, 0.15) is 37.8 Å². The number of aliphatic imine (C=N–C) groups is 1. The predicted octanol–water partition coefficient (Wildman–Crippen LogP) is 6.83. The van der Waals surface area contributed by atoms with Gasteiger partial charge in [-0.05, 0) is 79.4 Å². The quantitative estimate of drug-likeness (QED) is 0.134. The van der Waals surface area contributed by atoms with Crippen LogP contribution in [0.15, 0.2) is 76.8 Å². The van der Waals surface area contributed by atoms with Gasteiger partial charge in [-0.25, -0.2) is 9.98 Å². The second kappa shape index (κ2) is 12.9. The number of methoxy groups -OCH3 is 1. The summed E-state index contributed by atoms with van der Waals surface area (Å²) in [5, 5.41) is 5.21. The van der Waals surface area contributed by atoms with E-state index in [-0.39, 0.29) is 0 Å². The number of fused-ring (bicyclic) bond motifs is 1. The van der Waals surface area contributed by atoms with Crippen LogP contribution in [-0.2, 0) is 0 Å². The Morgan fingerprint density at radius 3 is 2.57 bits per heavy atom. The van der Waals surface area contributed by atoms with Gasteiger partial charge in [-0.2, -0.15) is 5.10 Å². The number of hydrazone groups is 1. The summed E-state index contributed by atoms with van der Waals surface area (Å²) in [4.78, 5) is 9.54. The molecule has 3 aromatic carbocycles. The molecule has 1 heterocycles. The lowest BCUT2D eigenvalue weighted by molar-refractivity contribution is 0.273. The van der Waals surface area contributed by atoms with Gasteiger partial charge in [0, 0.05) is 0 Å². The maximum absolute atomic E-state index is 5.89. The van der Waals surface area contributed by atoms with Crippen LogP contribution in [0.2, 0.25) is 0 Å². The fourth-order valence-electron chi connectivity index (χ4n) is 3.46. The Hall–Kier alpha value is -3.91. The van der Waals surface area contributed by atoms with E-state index in [4.69, 9.17) is 24.2 Å². The number of nitrogens with zero attached hydrogens (tertiary/aromatic N) is 3. The van der Waals surface area contributed by atoms with Crippen LogP contribution >= 0.6 is 11.3 Å². The van der Waals surface area contributed by atoms with Crippen LogP contribution in [0.25, 0.3) is 10.2 Å². The van der Waals surface area contributed by atoms with Crippen molar-refractivity contribution in [3.05, 3.63) is 77.3 Å². The van der Waals surface area contributed by atoms with Crippen LogP contribution in [0.3, 0.4) is 0 Å². The van der Waals surface area contributed by atoms with Gasteiger partial charge in [0.1, 0.15) is 5.75 Å². The first-order chi connectivity index (χ1) is 18.1. The summed E-state index contributed by atoms with van der Waals surface area (Å²) in [7, 11) is 1.64. The highest BCUT2D eigenvalue weighted by Gasteiger charge is 2.11. The van der Waals surface area contributed by atoms with Gasteiger partial charge in [-0.1, -0.05) is 26.0 Å². The summed E-state index contributed by atoms with van der Waals surface area (Å²) in [5.74, 6) is 3.33. The molecule has 0 atom stereocenters. The monoisotopic (exact) mass is 516 g/mol. The van der Waals surface area contributed by atoms with Crippen molar-refractivity contribution < 1.29 is 14.2 Å². The average molecular weight is 517 g/mol. The molecule has 1 N–H and O–H groups in total. The van der Waals surface area contributed by atoms with Crippen LogP contribution in [0, 0.1) is 5.92 Å². The van der Waals surface area contributed by atoms with E-state index in [2.05, 4.69) is 24.4 Å². The zero-order chi connectivity index (χ0) is 26.0. The van der Waals surface area contributed by atoms with E-state index in [1.54, 1.807) is 24.7 Å². The number of amidine groups is 1. The smallest absolute Gasteiger partial charge is 0.183 e. The van der Waals surface area contributed by atoms with Gasteiger partial charge in [-0.3, -0.25) is 5.43 Å². The molecule has 0 radical (unpaired) electrons. The number of thiazole rings is 1. The lowest BCUT2D eigenvalue weighted by Crippen LogP contribution is -2.18. The first kappa shape index (κ1) is 26.2. The van der Waals surface area contributed by atoms with Crippen molar-refractivity contribution >= 4 is 39.3 Å². The summed E-state index contributed by atoms with van der Waals surface area (Å²) in [6.07, 6.45) is 2.71. The molecule has 0 saturated heterocycles. The van der Waals surface area contributed by atoms with Crippen LogP contribution in [0.5, 0.6) is 17.2 Å². The zero-order valence-electron chi connectivity index (χ0n) is 21.6. The molecule has 0 bridgehead atoms. The van der Waals surface area contributed by atoms with Gasteiger partial charge in [-0.15, -0.1) is 11.3 Å². The number of benzene rings is 3. The molecule has 4 aromatic rings. The van der Waals surface area contributed by atoms with Crippen LogP contribution in [-0.4, -0.2) is 37.4 Å². The Bertz CT molecular complexity index is 1330. The summed E-state index contributed by atoms with van der Waals surface area (Å²) < 4.78 is 18.1. The van der Waals surface area contributed by atoms with Gasteiger partial charge >= 0.3 is 0 Å². The maximum atomic E-state index is 5.89. The lowest BCUT2D eigenvalue weighted by Gasteiger charge is -2.12. The van der Waals surface area contributed by atoms with Crippen molar-refractivity contribution in [2.75, 3.05) is 20.3 Å². The molecule has 4 rings (SSSR count). The molecule has 0 spiro atoms. The summed E-state index contributed by atoms with van der Waals surface area (Å²) >= 11 is 1.56. The van der Waals surface area contributed by atoms with Gasteiger partial charge in [0.15, 0.2) is 22.3 Å². The number of hydrogen-bond donors (Lipinski definition) is 1. The Labute approximate surface area is 221 Å². The normalized spacial score (nSPS) is 11.9. The lowest BCUT2D eigenvalue weighted by atomic mass is 10.1. The molecular formula is C29H32N4O3S. The largest absolute Gasteiger partial charge is 0.494 e. The Morgan fingerprint density at radius 1 is 1.03 bits per heavy atom. The van der Waals surface area contributed by atoms with E-state index in [1.165, 1.54) is 0 Å². The van der Waals surface area contributed by atoms with Crippen molar-refractivity contribution in [3.63, 3.8) is 0 Å². The Balaban J connectivity index is 1.55. The number of nitrogens with one attached hydrogen (secondary N) is 1. The van der Waals surface area contributed by atoms with Gasteiger partial charge < -0.3 is 14.2 Å². The number of hydrogen-bond acceptors (Lipinski definition) is 7. The Morgan fingerprint density at radius 2 is 1.84 bits per heavy atom. The highest BCUT2D eigenvalue weighted by atomic mass is 32.1. The third kappa shape index (κ3) is 7.30. The molecule has 37 heavy (non-hydrogen) atoms. The third-order valence-electron chi connectivity index (χ3n) is 5.41. The van der Waals surface area contributed by atoms with Gasteiger partial charge in [0.05, 0.1) is 42.4 Å². The Kier molecular flexibility index (Phi) is 9.10. The van der Waals surface area contributed by atoms with Crippen LogP contribution in [0.4, 0.5) is 5.69 Å². The standard InChI is InChI=1S/C29H32N4O3S/c1-5-35-23-13-11-22(12-14-23)31-28(29-32-24-8-6-7-9-27(24)37-29)33-30-19-21-10-15-25(26(18-21)34-4)36-17-16-20(2)3/h6-15,18-20H,5,16-17H2,1-4H3,(H,31,33)/b30-19+. The highest BCUT2D eigenvalue weighted by Crippen LogP contribution is 2.28. The predicted molar refractivity (Wildman–Crippen MR) is 152 cm³/mol. The van der Waals surface area contributed by atoms with Gasteiger partial charge in [0.2, 0.25) is 0 Å². The summed E-state index contributed by atoms with van der Waals surface area (Å²) in [6.45, 7) is 7.58. The summed E-state index contributed by atoms with van der Waals surface area (Å²) in [6, 6.07) is 21.4. The molecule has 0 amide bonds. The highest BCUT2D eigenvalue weighted by molar-refractivity contribution is 7.20. The fourth-order valence-corrected chi connectivity index (χ4v) is 4.37. The molecule has 0 aliphatic rings. The minimum atomic E-state index is 0.558. The van der Waals surface area contributed by atoms with E-state index in [9.17, 15) is 0 Å². The molecule has 0 unspecified atom stereocenters. The number of para-hydroxylation sites is 1. The topological polar surface area (TPSA) is 77.3 Å². The molecule has 0 saturated carbocycles. The number of ether oxygens (including phenoxy) is 3. The van der Waals surface area contributed by atoms with E-state index in [1.807, 2.05) is 73.7 Å². The summed E-state index contributed by atoms with van der Waals surface area (Å²) in [5.41, 5.74) is 5.65. The SMILES string of the molecule is CCOc1ccc(N=C(N/N=C/c2ccc(OCCC(C)C)c(OC)c2)c2nc3ccccc3s2)cc1. The number of rotatable bonds is 11. The first-order valence-corrected chi connectivity index (χ1v) is 13.1. The van der Waals surface area contributed by atoms with Crippen LogP contribution < -0.4 is 19.6 Å². The molecular weight excluding hydrogens is 484 g/mol. The van der Waals surface area contributed by atoms with Crippen molar-refractivity contribution in [1.29, 1.82) is 0 Å². The molecule has 7 nitrogen and oxygen atoms in total. The van der Waals surface area contributed by atoms with E-state index in [0.29, 0.717) is 30.7 Å². The molecule has 192 valence electrons. The molecule has 8 heteroatoms. The first-order valence-electron chi connectivity index (χ1n) is 12.3. The zero-order valence-corrected chi connectivity index (χ0v) is 22.4. The minimum Gasteiger partial charge on any atom is -0.494 e. The molecule has 0 aliphatic heterocycles. The van der Waals surface area contributed by atoms with Crippen molar-refractivity contribution in [2.24, 2.45) is 16.0 Å². The van der Waals surface area contributed by atoms with E-state index in [0.717, 1.165) is 44.4 Å². The molecule has 0 fully saturated rings. The molecule has 0 aliphatic carbocycles. The van der Waals surface area contributed by atoms with Crippen molar-refractivity contribution in [1.82, 2.24) is 10.4 Å².